The molecule has 0 aromatic carbocycles. The SMILES string of the molecule is CO[C@H]1C[C@@H](C(N)=O)N(c2nc(Nc3cc(C4CC4)[nH]n3)nc(N3CCOCC3)n2)C1. The fraction of sp³-hybridized carbons (Fsp3) is 0.632. The fourth-order valence-electron chi connectivity index (χ4n) is 4.02. The summed E-state index contributed by atoms with van der Waals surface area (Å²) in [6, 6.07) is 1.45. The van der Waals surface area contributed by atoms with Crippen molar-refractivity contribution in [1.29, 1.82) is 0 Å². The van der Waals surface area contributed by atoms with Gasteiger partial charge in [-0.2, -0.15) is 20.1 Å². The molecule has 2 aromatic heterocycles. The largest absolute Gasteiger partial charge is 0.380 e. The smallest absolute Gasteiger partial charge is 0.240 e. The van der Waals surface area contributed by atoms with Crippen molar-refractivity contribution in [2.24, 2.45) is 5.73 Å². The third-order valence-electron chi connectivity index (χ3n) is 5.94. The Morgan fingerprint density at radius 1 is 1.26 bits per heavy atom. The molecule has 0 radical (unpaired) electrons. The van der Waals surface area contributed by atoms with Crippen molar-refractivity contribution < 1.29 is 14.3 Å². The number of amides is 1. The molecule has 0 bridgehead atoms. The highest BCUT2D eigenvalue weighted by atomic mass is 16.5. The van der Waals surface area contributed by atoms with Crippen LogP contribution in [-0.4, -0.2) is 83.2 Å². The summed E-state index contributed by atoms with van der Waals surface area (Å²) in [6.07, 6.45) is 2.74. The molecule has 2 saturated heterocycles. The second-order valence-corrected chi connectivity index (χ2v) is 8.13. The van der Waals surface area contributed by atoms with Gasteiger partial charge >= 0.3 is 0 Å². The van der Waals surface area contributed by atoms with E-state index in [2.05, 4.69) is 30.5 Å². The molecule has 0 spiro atoms. The Morgan fingerprint density at radius 3 is 2.74 bits per heavy atom. The number of hydrogen-bond donors (Lipinski definition) is 3. The Morgan fingerprint density at radius 2 is 2.03 bits per heavy atom. The molecule has 2 aromatic rings. The van der Waals surface area contributed by atoms with Crippen LogP contribution in [0.5, 0.6) is 0 Å². The number of ether oxygens (including phenoxy) is 2. The lowest BCUT2D eigenvalue weighted by Crippen LogP contribution is -2.42. The van der Waals surface area contributed by atoms with Crippen LogP contribution in [-0.2, 0) is 14.3 Å². The summed E-state index contributed by atoms with van der Waals surface area (Å²) in [7, 11) is 1.63. The number of methoxy groups -OCH3 is 1. The molecule has 12 nitrogen and oxygen atoms in total. The molecule has 2 aliphatic heterocycles. The maximum absolute atomic E-state index is 12.1. The van der Waals surface area contributed by atoms with Crippen molar-refractivity contribution in [2.45, 2.75) is 37.3 Å². The van der Waals surface area contributed by atoms with E-state index in [1.807, 2.05) is 11.0 Å². The van der Waals surface area contributed by atoms with Crippen LogP contribution in [0.4, 0.5) is 23.7 Å². The highest BCUT2D eigenvalue weighted by Crippen LogP contribution is 2.39. The Bertz CT molecular complexity index is 941. The lowest BCUT2D eigenvalue weighted by atomic mass is 10.2. The number of nitrogens with zero attached hydrogens (tertiary/aromatic N) is 6. The number of nitrogens with one attached hydrogen (secondary N) is 2. The molecule has 3 aliphatic rings. The van der Waals surface area contributed by atoms with Gasteiger partial charge in [0.2, 0.25) is 23.8 Å². The van der Waals surface area contributed by atoms with Crippen molar-refractivity contribution in [3.05, 3.63) is 11.8 Å². The van der Waals surface area contributed by atoms with Gasteiger partial charge in [0, 0.05) is 50.8 Å². The Hall–Kier alpha value is -2.99. The van der Waals surface area contributed by atoms with Gasteiger partial charge in [-0.3, -0.25) is 9.89 Å². The Labute approximate surface area is 179 Å². The fourth-order valence-corrected chi connectivity index (χ4v) is 4.02. The van der Waals surface area contributed by atoms with Crippen LogP contribution in [0.3, 0.4) is 0 Å². The number of hydrogen-bond acceptors (Lipinski definition) is 10. The zero-order chi connectivity index (χ0) is 21.4. The lowest BCUT2D eigenvalue weighted by Gasteiger charge is -2.28. The average molecular weight is 429 g/mol. The topological polar surface area (TPSA) is 147 Å². The van der Waals surface area contributed by atoms with Gasteiger partial charge in [-0.05, 0) is 12.8 Å². The molecule has 12 heteroatoms. The highest BCUT2D eigenvalue weighted by Gasteiger charge is 2.38. The molecule has 4 heterocycles. The molecular formula is C19H27N9O3. The van der Waals surface area contributed by atoms with Gasteiger partial charge < -0.3 is 30.3 Å². The average Bonchev–Trinajstić information content (AvgIpc) is 3.37. The van der Waals surface area contributed by atoms with Crippen LogP contribution in [0.2, 0.25) is 0 Å². The molecule has 4 N–H and O–H groups in total. The lowest BCUT2D eigenvalue weighted by molar-refractivity contribution is -0.119. The number of carbonyl (C=O) groups excluding carboxylic acids is 1. The van der Waals surface area contributed by atoms with Crippen molar-refractivity contribution in [3.63, 3.8) is 0 Å². The van der Waals surface area contributed by atoms with Gasteiger partial charge in [-0.15, -0.1) is 0 Å². The number of anilines is 4. The molecule has 3 fully saturated rings. The molecule has 1 aliphatic carbocycles. The molecule has 166 valence electrons. The minimum atomic E-state index is -0.537. The van der Waals surface area contributed by atoms with E-state index in [1.165, 1.54) is 12.8 Å². The normalized spacial score (nSPS) is 23.9. The molecule has 0 unspecified atom stereocenters. The number of nitrogens with two attached hydrogens (primary N) is 1. The highest BCUT2D eigenvalue weighted by molar-refractivity contribution is 5.84. The third kappa shape index (κ3) is 4.26. The summed E-state index contributed by atoms with van der Waals surface area (Å²) in [5.74, 6) is 2.06. The van der Waals surface area contributed by atoms with Crippen LogP contribution >= 0.6 is 0 Å². The minimum Gasteiger partial charge on any atom is -0.380 e. The molecular weight excluding hydrogens is 402 g/mol. The molecule has 1 amide bonds. The van der Waals surface area contributed by atoms with Crippen molar-refractivity contribution in [3.8, 4) is 0 Å². The molecule has 31 heavy (non-hydrogen) atoms. The van der Waals surface area contributed by atoms with E-state index in [4.69, 9.17) is 15.2 Å². The Kier molecular flexibility index (Phi) is 5.32. The predicted octanol–water partition coefficient (Wildman–Crippen LogP) is 0.131. The van der Waals surface area contributed by atoms with Crippen molar-refractivity contribution >= 4 is 29.6 Å². The maximum atomic E-state index is 12.1. The standard InChI is InChI=1S/C19H27N9O3/c1-30-12-8-14(16(20)29)28(10-12)19-23-17(21-15-9-13(25-26-15)11-2-3-11)22-18(24-19)27-4-6-31-7-5-27/h9,11-12,14H,2-8,10H2,1H3,(H2,20,29)(H2,21,22,23,24,25,26)/t12-,14-/m0/s1. The summed E-state index contributed by atoms with van der Waals surface area (Å²) in [4.78, 5) is 29.8. The summed E-state index contributed by atoms with van der Waals surface area (Å²) in [6.45, 7) is 3.04. The summed E-state index contributed by atoms with van der Waals surface area (Å²) < 4.78 is 10.9. The number of primary amides is 1. The monoisotopic (exact) mass is 429 g/mol. The second kappa shape index (κ2) is 8.27. The van der Waals surface area contributed by atoms with E-state index in [0.717, 1.165) is 5.69 Å². The van der Waals surface area contributed by atoms with Crippen LogP contribution in [0, 0.1) is 0 Å². The maximum Gasteiger partial charge on any atom is 0.240 e. The van der Waals surface area contributed by atoms with Crippen molar-refractivity contribution in [2.75, 3.05) is 55.1 Å². The van der Waals surface area contributed by atoms with Crippen LogP contribution < -0.4 is 20.9 Å². The van der Waals surface area contributed by atoms with Crippen LogP contribution in [0.25, 0.3) is 0 Å². The number of aromatic amines is 1. The zero-order valence-corrected chi connectivity index (χ0v) is 17.5. The number of H-pyrrole nitrogens is 1. The van der Waals surface area contributed by atoms with Gasteiger partial charge in [0.1, 0.15) is 6.04 Å². The first-order valence-electron chi connectivity index (χ1n) is 10.6. The van der Waals surface area contributed by atoms with Crippen LogP contribution in [0.1, 0.15) is 30.9 Å². The number of morpholine rings is 1. The Balaban J connectivity index is 1.46. The number of carbonyl (C=O) groups is 1. The predicted molar refractivity (Wildman–Crippen MR) is 112 cm³/mol. The second-order valence-electron chi connectivity index (χ2n) is 8.13. The van der Waals surface area contributed by atoms with Gasteiger partial charge in [0.15, 0.2) is 5.82 Å². The minimum absolute atomic E-state index is 0.120. The van der Waals surface area contributed by atoms with E-state index >= 15 is 0 Å². The zero-order valence-electron chi connectivity index (χ0n) is 17.5. The first kappa shape index (κ1) is 19.9. The molecule has 5 rings (SSSR count). The van der Waals surface area contributed by atoms with E-state index < -0.39 is 11.9 Å². The van der Waals surface area contributed by atoms with E-state index in [9.17, 15) is 4.79 Å². The molecule has 1 saturated carbocycles. The van der Waals surface area contributed by atoms with Gasteiger partial charge in [0.05, 0.1) is 19.3 Å². The van der Waals surface area contributed by atoms with E-state index in [-0.39, 0.29) is 6.10 Å². The van der Waals surface area contributed by atoms with Crippen LogP contribution in [0.15, 0.2) is 6.07 Å². The van der Waals surface area contributed by atoms with Crippen molar-refractivity contribution in [1.82, 2.24) is 25.1 Å². The number of aromatic nitrogens is 5. The number of rotatable bonds is 7. The van der Waals surface area contributed by atoms with Gasteiger partial charge in [0.25, 0.3) is 0 Å². The third-order valence-corrected chi connectivity index (χ3v) is 5.94. The van der Waals surface area contributed by atoms with E-state index in [1.54, 1.807) is 12.0 Å². The molecule has 2 atom stereocenters. The summed E-state index contributed by atoms with van der Waals surface area (Å²) >= 11 is 0. The van der Waals surface area contributed by atoms with Gasteiger partial charge in [-0.1, -0.05) is 0 Å². The summed E-state index contributed by atoms with van der Waals surface area (Å²) in [5, 5.41) is 10.6. The summed E-state index contributed by atoms with van der Waals surface area (Å²) in [5.41, 5.74) is 6.77. The van der Waals surface area contributed by atoms with Gasteiger partial charge in [-0.25, -0.2) is 0 Å². The quantitative estimate of drug-likeness (QED) is 0.555. The van der Waals surface area contributed by atoms with E-state index in [0.29, 0.717) is 68.8 Å². The first-order chi connectivity index (χ1) is 15.1. The first-order valence-corrected chi connectivity index (χ1v) is 10.6.